The van der Waals surface area contributed by atoms with Crippen LogP contribution in [0.25, 0.3) is 11.3 Å². The van der Waals surface area contributed by atoms with Gasteiger partial charge in [-0.05, 0) is 23.0 Å². The standard InChI is InChI=1S/C21H23F3N4OS/c1-11(2)13-6-7-14(15(8-13)12(3)4)17-10-30-20(25-17)26-19(29)16-9-28(5)27-18(16)21(22,23)24/h6-12H,1-5H3,(H,25,26,29). The summed E-state index contributed by atoms with van der Waals surface area (Å²) in [7, 11) is 1.34. The molecular formula is C21H23F3N4OS. The van der Waals surface area contributed by atoms with Crippen LogP contribution < -0.4 is 5.32 Å². The van der Waals surface area contributed by atoms with E-state index in [0.29, 0.717) is 11.6 Å². The Labute approximate surface area is 177 Å². The first-order valence-electron chi connectivity index (χ1n) is 9.49. The van der Waals surface area contributed by atoms with Gasteiger partial charge in [0.2, 0.25) is 0 Å². The molecule has 3 aromatic rings. The van der Waals surface area contributed by atoms with Crippen molar-refractivity contribution in [2.24, 2.45) is 7.05 Å². The zero-order chi connectivity index (χ0) is 22.2. The first kappa shape index (κ1) is 22.0. The number of anilines is 1. The number of carbonyl (C=O) groups excluding carboxylic acids is 1. The largest absolute Gasteiger partial charge is 0.435 e. The topological polar surface area (TPSA) is 59.8 Å². The molecule has 0 aliphatic rings. The smallest absolute Gasteiger partial charge is 0.298 e. The summed E-state index contributed by atoms with van der Waals surface area (Å²) >= 11 is 1.17. The van der Waals surface area contributed by atoms with Crippen molar-refractivity contribution < 1.29 is 18.0 Å². The molecule has 1 N–H and O–H groups in total. The number of aryl methyl sites for hydroxylation is 1. The highest BCUT2D eigenvalue weighted by Crippen LogP contribution is 2.34. The van der Waals surface area contributed by atoms with Crippen LogP contribution in [0, 0.1) is 0 Å². The molecule has 5 nitrogen and oxygen atoms in total. The SMILES string of the molecule is CC(C)c1ccc(-c2csc(NC(=O)c3cn(C)nc3C(F)(F)F)n2)c(C(C)C)c1. The highest BCUT2D eigenvalue weighted by Gasteiger charge is 2.39. The van der Waals surface area contributed by atoms with E-state index in [1.165, 1.54) is 23.9 Å². The van der Waals surface area contributed by atoms with E-state index in [9.17, 15) is 18.0 Å². The maximum absolute atomic E-state index is 13.1. The van der Waals surface area contributed by atoms with Gasteiger partial charge in [-0.1, -0.05) is 45.9 Å². The number of halogens is 3. The van der Waals surface area contributed by atoms with Gasteiger partial charge in [0.25, 0.3) is 5.91 Å². The van der Waals surface area contributed by atoms with Crippen LogP contribution >= 0.6 is 11.3 Å². The summed E-state index contributed by atoms with van der Waals surface area (Å²) in [6, 6.07) is 6.22. The molecule has 0 atom stereocenters. The zero-order valence-corrected chi connectivity index (χ0v) is 18.1. The number of aromatic nitrogens is 3. The Balaban J connectivity index is 1.89. The number of hydrogen-bond acceptors (Lipinski definition) is 4. The van der Waals surface area contributed by atoms with Gasteiger partial charge in [0.1, 0.15) is 0 Å². The molecule has 0 unspecified atom stereocenters. The van der Waals surface area contributed by atoms with Crippen molar-refractivity contribution in [1.82, 2.24) is 14.8 Å². The lowest BCUT2D eigenvalue weighted by Gasteiger charge is -2.15. The second-order valence-electron chi connectivity index (χ2n) is 7.71. The number of carbonyl (C=O) groups is 1. The van der Waals surface area contributed by atoms with Crippen molar-refractivity contribution in [2.75, 3.05) is 5.32 Å². The maximum atomic E-state index is 13.1. The van der Waals surface area contributed by atoms with Gasteiger partial charge in [-0.25, -0.2) is 4.98 Å². The zero-order valence-electron chi connectivity index (χ0n) is 17.3. The van der Waals surface area contributed by atoms with Crippen LogP contribution in [-0.2, 0) is 13.2 Å². The van der Waals surface area contributed by atoms with Crippen molar-refractivity contribution in [3.05, 3.63) is 52.2 Å². The third kappa shape index (κ3) is 4.56. The molecule has 0 spiro atoms. The number of hydrogen-bond donors (Lipinski definition) is 1. The Morgan fingerprint density at radius 3 is 2.47 bits per heavy atom. The Morgan fingerprint density at radius 1 is 1.17 bits per heavy atom. The van der Waals surface area contributed by atoms with Gasteiger partial charge in [0, 0.05) is 24.2 Å². The van der Waals surface area contributed by atoms with Gasteiger partial charge in [0.15, 0.2) is 10.8 Å². The average Bonchev–Trinajstić information content (AvgIpc) is 3.27. The van der Waals surface area contributed by atoms with Crippen LogP contribution in [0.5, 0.6) is 0 Å². The fourth-order valence-corrected chi connectivity index (χ4v) is 3.84. The predicted octanol–water partition coefficient (Wildman–Crippen LogP) is 6.06. The first-order valence-corrected chi connectivity index (χ1v) is 10.4. The molecule has 3 rings (SSSR count). The van der Waals surface area contributed by atoms with E-state index in [4.69, 9.17) is 0 Å². The molecular weight excluding hydrogens is 413 g/mol. The normalized spacial score (nSPS) is 12.1. The van der Waals surface area contributed by atoms with E-state index in [2.05, 4.69) is 55.2 Å². The van der Waals surface area contributed by atoms with Gasteiger partial charge in [-0.15, -0.1) is 11.3 Å². The van der Waals surface area contributed by atoms with E-state index < -0.39 is 23.3 Å². The minimum atomic E-state index is -4.72. The molecule has 0 aliphatic carbocycles. The minimum Gasteiger partial charge on any atom is -0.298 e. The lowest BCUT2D eigenvalue weighted by Crippen LogP contribution is -2.17. The molecule has 1 aromatic carbocycles. The van der Waals surface area contributed by atoms with E-state index in [1.54, 1.807) is 5.38 Å². The number of thiazole rings is 1. The second kappa shape index (κ2) is 8.22. The Hall–Kier alpha value is -2.68. The molecule has 0 fully saturated rings. The molecule has 2 heterocycles. The van der Waals surface area contributed by atoms with Gasteiger partial charge < -0.3 is 0 Å². The fraction of sp³-hybridized carbons (Fsp3) is 0.381. The van der Waals surface area contributed by atoms with Crippen molar-refractivity contribution in [2.45, 2.75) is 45.7 Å². The molecule has 0 aliphatic heterocycles. The molecule has 160 valence electrons. The molecule has 0 bridgehead atoms. The summed E-state index contributed by atoms with van der Waals surface area (Å²) < 4.78 is 40.3. The Bertz CT molecular complexity index is 1070. The van der Waals surface area contributed by atoms with E-state index in [1.807, 2.05) is 6.07 Å². The lowest BCUT2D eigenvalue weighted by molar-refractivity contribution is -0.141. The first-order chi connectivity index (χ1) is 14.0. The van der Waals surface area contributed by atoms with Crippen LogP contribution in [-0.4, -0.2) is 20.7 Å². The Morgan fingerprint density at radius 2 is 1.87 bits per heavy atom. The van der Waals surface area contributed by atoms with Crippen LogP contribution in [0.3, 0.4) is 0 Å². The number of benzene rings is 1. The molecule has 30 heavy (non-hydrogen) atoms. The quantitative estimate of drug-likeness (QED) is 0.529. The highest BCUT2D eigenvalue weighted by atomic mass is 32.1. The molecule has 0 saturated carbocycles. The van der Waals surface area contributed by atoms with Gasteiger partial charge in [-0.2, -0.15) is 18.3 Å². The van der Waals surface area contributed by atoms with E-state index >= 15 is 0 Å². The van der Waals surface area contributed by atoms with Crippen molar-refractivity contribution >= 4 is 22.4 Å². The summed E-state index contributed by atoms with van der Waals surface area (Å²) in [5.74, 6) is -0.233. The number of rotatable bonds is 5. The summed E-state index contributed by atoms with van der Waals surface area (Å²) in [5.41, 5.74) is 2.23. The predicted molar refractivity (Wildman–Crippen MR) is 112 cm³/mol. The lowest BCUT2D eigenvalue weighted by atomic mass is 9.90. The van der Waals surface area contributed by atoms with Crippen molar-refractivity contribution in [3.63, 3.8) is 0 Å². The third-order valence-electron chi connectivity index (χ3n) is 4.71. The van der Waals surface area contributed by atoms with Crippen molar-refractivity contribution in [3.8, 4) is 11.3 Å². The molecule has 0 saturated heterocycles. The fourth-order valence-electron chi connectivity index (χ4n) is 3.13. The van der Waals surface area contributed by atoms with E-state index in [0.717, 1.165) is 22.0 Å². The minimum absolute atomic E-state index is 0.231. The monoisotopic (exact) mass is 436 g/mol. The van der Waals surface area contributed by atoms with E-state index in [-0.39, 0.29) is 11.0 Å². The number of nitrogens with zero attached hydrogens (tertiary/aromatic N) is 3. The number of nitrogens with one attached hydrogen (secondary N) is 1. The highest BCUT2D eigenvalue weighted by molar-refractivity contribution is 7.14. The summed E-state index contributed by atoms with van der Waals surface area (Å²) in [6.07, 6.45) is -3.67. The molecule has 0 radical (unpaired) electrons. The second-order valence-corrected chi connectivity index (χ2v) is 8.57. The maximum Gasteiger partial charge on any atom is 0.435 e. The number of amides is 1. The number of alkyl halides is 3. The van der Waals surface area contributed by atoms with Crippen LogP contribution in [0.2, 0.25) is 0 Å². The average molecular weight is 437 g/mol. The van der Waals surface area contributed by atoms with Gasteiger partial charge >= 0.3 is 6.18 Å². The summed E-state index contributed by atoms with van der Waals surface area (Å²) in [4.78, 5) is 16.9. The van der Waals surface area contributed by atoms with Crippen LogP contribution in [0.15, 0.2) is 29.8 Å². The van der Waals surface area contributed by atoms with Gasteiger partial charge in [0.05, 0.1) is 11.3 Å². The molecule has 9 heteroatoms. The van der Waals surface area contributed by atoms with Gasteiger partial charge in [-0.3, -0.25) is 14.8 Å². The Kier molecular flexibility index (Phi) is 6.03. The van der Waals surface area contributed by atoms with Crippen molar-refractivity contribution in [1.29, 1.82) is 0 Å². The third-order valence-corrected chi connectivity index (χ3v) is 5.46. The molecule has 2 aromatic heterocycles. The van der Waals surface area contributed by atoms with Crippen LogP contribution in [0.1, 0.15) is 66.7 Å². The summed E-state index contributed by atoms with van der Waals surface area (Å²) in [5, 5.41) is 7.85. The molecule has 1 amide bonds. The summed E-state index contributed by atoms with van der Waals surface area (Å²) in [6.45, 7) is 8.45. The van der Waals surface area contributed by atoms with Crippen LogP contribution in [0.4, 0.5) is 18.3 Å².